The van der Waals surface area contributed by atoms with Crippen molar-refractivity contribution in [2.45, 2.75) is 19.4 Å². The first-order valence-corrected chi connectivity index (χ1v) is 6.27. The maximum Gasteiger partial charge on any atom is 0.259 e. The molecule has 0 saturated heterocycles. The van der Waals surface area contributed by atoms with E-state index < -0.39 is 0 Å². The molecule has 17 heavy (non-hydrogen) atoms. The molecule has 2 rings (SSSR count). The lowest BCUT2D eigenvalue weighted by molar-refractivity contribution is 0.420. The average Bonchev–Trinajstić information content (AvgIpc) is 2.69. The van der Waals surface area contributed by atoms with E-state index in [4.69, 9.17) is 21.9 Å². The van der Waals surface area contributed by atoms with E-state index in [2.05, 4.69) is 26.1 Å². The molecule has 0 radical (unpaired) electrons. The third kappa shape index (κ3) is 3.06. The predicted molar refractivity (Wildman–Crippen MR) is 69.8 cm³/mol. The van der Waals surface area contributed by atoms with Crippen LogP contribution in [0, 0.1) is 0 Å². The monoisotopic (exact) mass is 315 g/mol. The van der Waals surface area contributed by atoms with Crippen molar-refractivity contribution in [3.63, 3.8) is 0 Å². The van der Waals surface area contributed by atoms with Crippen LogP contribution in [0.3, 0.4) is 0 Å². The quantitative estimate of drug-likeness (QED) is 0.945. The molecule has 0 aliphatic heterocycles. The summed E-state index contributed by atoms with van der Waals surface area (Å²) in [7, 11) is 0. The van der Waals surface area contributed by atoms with Gasteiger partial charge in [0.1, 0.15) is 0 Å². The highest BCUT2D eigenvalue weighted by atomic mass is 79.9. The molecule has 0 bridgehead atoms. The van der Waals surface area contributed by atoms with Crippen LogP contribution in [0.5, 0.6) is 0 Å². The van der Waals surface area contributed by atoms with E-state index in [0.717, 1.165) is 4.47 Å². The van der Waals surface area contributed by atoms with Gasteiger partial charge < -0.3 is 10.3 Å². The standard InChI is InChI=1S/C11H11BrClN3O/c1-6(14)4-10-15-11(17-16-10)8-5-7(12)2-3-9(8)13/h2-3,5-6H,4,14H2,1H3. The topological polar surface area (TPSA) is 64.9 Å². The molecule has 0 aliphatic rings. The van der Waals surface area contributed by atoms with Gasteiger partial charge in [-0.05, 0) is 25.1 Å². The second-order valence-electron chi connectivity index (χ2n) is 3.82. The van der Waals surface area contributed by atoms with Crippen molar-refractivity contribution in [2.75, 3.05) is 0 Å². The van der Waals surface area contributed by atoms with Crippen LogP contribution in [-0.2, 0) is 6.42 Å². The zero-order valence-electron chi connectivity index (χ0n) is 9.15. The van der Waals surface area contributed by atoms with E-state index in [1.807, 2.05) is 19.1 Å². The fourth-order valence-corrected chi connectivity index (χ4v) is 1.96. The van der Waals surface area contributed by atoms with Crippen LogP contribution < -0.4 is 5.73 Å². The van der Waals surface area contributed by atoms with Crippen molar-refractivity contribution < 1.29 is 4.52 Å². The Hall–Kier alpha value is -0.910. The van der Waals surface area contributed by atoms with Crippen LogP contribution >= 0.6 is 27.5 Å². The Morgan fingerprint density at radius 1 is 1.53 bits per heavy atom. The zero-order valence-corrected chi connectivity index (χ0v) is 11.5. The molecule has 4 nitrogen and oxygen atoms in total. The Kier molecular flexibility index (Phi) is 3.81. The molecule has 1 aromatic carbocycles. The molecule has 2 aromatic rings. The smallest absolute Gasteiger partial charge is 0.259 e. The molecule has 0 aliphatic carbocycles. The van der Waals surface area contributed by atoms with Gasteiger partial charge in [-0.25, -0.2) is 0 Å². The predicted octanol–water partition coefficient (Wildman–Crippen LogP) is 3.04. The molecule has 0 spiro atoms. The Labute approximate surface area is 112 Å². The van der Waals surface area contributed by atoms with Gasteiger partial charge in [0, 0.05) is 16.9 Å². The van der Waals surface area contributed by atoms with Gasteiger partial charge in [0.2, 0.25) is 0 Å². The Morgan fingerprint density at radius 2 is 2.29 bits per heavy atom. The van der Waals surface area contributed by atoms with Gasteiger partial charge in [-0.3, -0.25) is 0 Å². The van der Waals surface area contributed by atoms with Crippen LogP contribution in [0.4, 0.5) is 0 Å². The van der Waals surface area contributed by atoms with Gasteiger partial charge in [-0.1, -0.05) is 32.7 Å². The second kappa shape index (κ2) is 5.16. The number of nitrogens with two attached hydrogens (primary N) is 1. The molecule has 0 fully saturated rings. The lowest BCUT2D eigenvalue weighted by atomic mass is 10.2. The van der Waals surface area contributed by atoms with E-state index in [9.17, 15) is 0 Å². The number of hydrogen-bond acceptors (Lipinski definition) is 4. The van der Waals surface area contributed by atoms with Crippen molar-refractivity contribution in [1.29, 1.82) is 0 Å². The molecule has 1 unspecified atom stereocenters. The first-order chi connectivity index (χ1) is 8.06. The highest BCUT2D eigenvalue weighted by Gasteiger charge is 2.13. The summed E-state index contributed by atoms with van der Waals surface area (Å²) in [6, 6.07) is 5.46. The van der Waals surface area contributed by atoms with Crippen molar-refractivity contribution in [2.24, 2.45) is 5.73 Å². The third-order valence-electron chi connectivity index (χ3n) is 2.13. The molecule has 1 aromatic heterocycles. The molecule has 0 amide bonds. The minimum atomic E-state index is -0.00145. The summed E-state index contributed by atoms with van der Waals surface area (Å²) in [4.78, 5) is 4.26. The average molecular weight is 317 g/mol. The summed E-state index contributed by atoms with van der Waals surface area (Å²) in [6.45, 7) is 1.89. The van der Waals surface area contributed by atoms with Crippen LogP contribution in [-0.4, -0.2) is 16.2 Å². The number of benzene rings is 1. The van der Waals surface area contributed by atoms with Crippen molar-refractivity contribution >= 4 is 27.5 Å². The molecule has 1 heterocycles. The van der Waals surface area contributed by atoms with Gasteiger partial charge >= 0.3 is 0 Å². The first-order valence-electron chi connectivity index (χ1n) is 5.10. The largest absolute Gasteiger partial charge is 0.334 e. The molecule has 2 N–H and O–H groups in total. The fraction of sp³-hybridized carbons (Fsp3) is 0.273. The van der Waals surface area contributed by atoms with E-state index in [0.29, 0.717) is 28.7 Å². The lowest BCUT2D eigenvalue weighted by Crippen LogP contribution is -2.18. The third-order valence-corrected chi connectivity index (χ3v) is 2.95. The van der Waals surface area contributed by atoms with E-state index in [1.165, 1.54) is 0 Å². The fourth-order valence-electron chi connectivity index (χ4n) is 1.40. The number of rotatable bonds is 3. The Bertz CT molecular complexity index is 527. The minimum absolute atomic E-state index is 0.00145. The first kappa shape index (κ1) is 12.5. The van der Waals surface area contributed by atoms with E-state index >= 15 is 0 Å². The lowest BCUT2D eigenvalue weighted by Gasteiger charge is -1.99. The normalized spacial score (nSPS) is 12.7. The van der Waals surface area contributed by atoms with Crippen molar-refractivity contribution in [1.82, 2.24) is 10.1 Å². The van der Waals surface area contributed by atoms with E-state index in [-0.39, 0.29) is 6.04 Å². The van der Waals surface area contributed by atoms with Gasteiger partial charge in [-0.2, -0.15) is 4.98 Å². The summed E-state index contributed by atoms with van der Waals surface area (Å²) < 4.78 is 6.07. The maximum atomic E-state index is 6.07. The highest BCUT2D eigenvalue weighted by Crippen LogP contribution is 2.29. The van der Waals surface area contributed by atoms with Gasteiger partial charge in [0.25, 0.3) is 5.89 Å². The molecule has 1 atom stereocenters. The molecule has 90 valence electrons. The van der Waals surface area contributed by atoms with E-state index in [1.54, 1.807) is 6.07 Å². The number of halogens is 2. The molecular weight excluding hydrogens is 305 g/mol. The highest BCUT2D eigenvalue weighted by molar-refractivity contribution is 9.10. The van der Waals surface area contributed by atoms with Crippen molar-refractivity contribution in [3.05, 3.63) is 33.5 Å². The number of nitrogens with zero attached hydrogens (tertiary/aromatic N) is 2. The maximum absolute atomic E-state index is 6.07. The van der Waals surface area contributed by atoms with Gasteiger partial charge in [0.05, 0.1) is 10.6 Å². The van der Waals surface area contributed by atoms with Crippen LogP contribution in [0.1, 0.15) is 12.7 Å². The summed E-state index contributed by atoms with van der Waals surface area (Å²) >= 11 is 9.44. The summed E-state index contributed by atoms with van der Waals surface area (Å²) in [6.07, 6.45) is 0.578. The summed E-state index contributed by atoms with van der Waals surface area (Å²) in [5.41, 5.74) is 6.38. The summed E-state index contributed by atoms with van der Waals surface area (Å²) in [5.74, 6) is 0.998. The Balaban J connectivity index is 2.33. The number of hydrogen-bond donors (Lipinski definition) is 1. The van der Waals surface area contributed by atoms with Gasteiger partial charge in [0.15, 0.2) is 5.82 Å². The SMILES string of the molecule is CC(N)Cc1noc(-c2cc(Br)ccc2Cl)n1. The van der Waals surface area contributed by atoms with Crippen molar-refractivity contribution in [3.8, 4) is 11.5 Å². The van der Waals surface area contributed by atoms with Crippen LogP contribution in [0.25, 0.3) is 11.5 Å². The summed E-state index contributed by atoms with van der Waals surface area (Å²) in [5, 5.41) is 4.44. The molecule has 6 heteroatoms. The second-order valence-corrected chi connectivity index (χ2v) is 5.14. The zero-order chi connectivity index (χ0) is 12.4. The van der Waals surface area contributed by atoms with Crippen LogP contribution in [0.2, 0.25) is 5.02 Å². The van der Waals surface area contributed by atoms with Gasteiger partial charge in [-0.15, -0.1) is 0 Å². The van der Waals surface area contributed by atoms with Crippen LogP contribution in [0.15, 0.2) is 27.2 Å². The molecular formula is C11H11BrClN3O. The Morgan fingerprint density at radius 3 is 3.00 bits per heavy atom. The number of aromatic nitrogens is 2. The molecule has 0 saturated carbocycles. The minimum Gasteiger partial charge on any atom is -0.334 e.